The van der Waals surface area contributed by atoms with Crippen molar-refractivity contribution < 1.29 is 4.79 Å². The molecule has 0 aliphatic heterocycles. The first-order valence-corrected chi connectivity index (χ1v) is 10.1. The van der Waals surface area contributed by atoms with Crippen LogP contribution in [0.2, 0.25) is 0 Å². The van der Waals surface area contributed by atoms with E-state index in [9.17, 15) is 4.79 Å². The van der Waals surface area contributed by atoms with Gasteiger partial charge >= 0.3 is 0 Å². The van der Waals surface area contributed by atoms with Crippen molar-refractivity contribution in [3.8, 4) is 23.5 Å². The Labute approximate surface area is 164 Å². The summed E-state index contributed by atoms with van der Waals surface area (Å²) in [4.78, 5) is 20.6. The fourth-order valence-corrected chi connectivity index (χ4v) is 4.13. The van der Waals surface area contributed by atoms with Crippen LogP contribution in [0.15, 0.2) is 53.4 Å². The SMILES string of the molecule is C#Cc1nc(C(=O)NCCc2ccc(-c3cccc4scnc34)cc2)cs1. The first kappa shape index (κ1) is 17.4. The molecule has 0 radical (unpaired) electrons. The molecule has 4 aromatic rings. The number of benzene rings is 2. The van der Waals surface area contributed by atoms with Gasteiger partial charge in [0.05, 0.1) is 15.7 Å². The van der Waals surface area contributed by atoms with E-state index < -0.39 is 0 Å². The van der Waals surface area contributed by atoms with E-state index in [-0.39, 0.29) is 5.91 Å². The molecule has 0 saturated carbocycles. The fraction of sp³-hybridized carbons (Fsp3) is 0.0952. The molecule has 2 aromatic heterocycles. The Kier molecular flexibility index (Phi) is 4.97. The van der Waals surface area contributed by atoms with Crippen molar-refractivity contribution in [2.24, 2.45) is 0 Å². The molecule has 132 valence electrons. The second kappa shape index (κ2) is 7.70. The molecular weight excluding hydrogens is 374 g/mol. The third-order valence-electron chi connectivity index (χ3n) is 4.18. The number of thiazole rings is 2. The van der Waals surface area contributed by atoms with Gasteiger partial charge in [-0.25, -0.2) is 9.97 Å². The maximum absolute atomic E-state index is 12.1. The Hall–Kier alpha value is -3.01. The Morgan fingerprint density at radius 3 is 2.78 bits per heavy atom. The van der Waals surface area contributed by atoms with Crippen molar-refractivity contribution in [3.63, 3.8) is 0 Å². The predicted octanol–water partition coefficient (Wildman–Crippen LogP) is 4.37. The summed E-state index contributed by atoms with van der Waals surface area (Å²) in [6.07, 6.45) is 6.03. The van der Waals surface area contributed by atoms with Gasteiger partial charge in [0, 0.05) is 17.5 Å². The van der Waals surface area contributed by atoms with E-state index in [2.05, 4.69) is 63.7 Å². The van der Waals surface area contributed by atoms with Crippen LogP contribution in [-0.2, 0) is 6.42 Å². The van der Waals surface area contributed by atoms with Crippen LogP contribution >= 0.6 is 22.7 Å². The van der Waals surface area contributed by atoms with Crippen molar-refractivity contribution in [1.82, 2.24) is 15.3 Å². The molecule has 0 saturated heterocycles. The molecule has 0 bridgehead atoms. The Morgan fingerprint density at radius 1 is 1.15 bits per heavy atom. The summed E-state index contributed by atoms with van der Waals surface area (Å²) in [6, 6.07) is 14.6. The highest BCUT2D eigenvalue weighted by Crippen LogP contribution is 2.29. The van der Waals surface area contributed by atoms with Gasteiger partial charge in [0.1, 0.15) is 5.69 Å². The summed E-state index contributed by atoms with van der Waals surface area (Å²) in [5.41, 5.74) is 6.73. The molecule has 0 aliphatic rings. The zero-order chi connectivity index (χ0) is 18.6. The maximum atomic E-state index is 12.1. The highest BCUT2D eigenvalue weighted by Gasteiger charge is 2.09. The third-order valence-corrected chi connectivity index (χ3v) is 5.75. The molecule has 0 fully saturated rings. The summed E-state index contributed by atoms with van der Waals surface area (Å²) < 4.78 is 1.19. The van der Waals surface area contributed by atoms with Gasteiger partial charge in [-0.2, -0.15) is 0 Å². The lowest BCUT2D eigenvalue weighted by Crippen LogP contribution is -2.25. The second-order valence-corrected chi connectivity index (χ2v) is 7.63. The predicted molar refractivity (Wildman–Crippen MR) is 111 cm³/mol. The highest BCUT2D eigenvalue weighted by atomic mass is 32.1. The number of hydrogen-bond donors (Lipinski definition) is 1. The Bertz CT molecular complexity index is 1140. The van der Waals surface area contributed by atoms with E-state index in [1.54, 1.807) is 16.7 Å². The highest BCUT2D eigenvalue weighted by molar-refractivity contribution is 7.16. The summed E-state index contributed by atoms with van der Waals surface area (Å²) in [5.74, 6) is 2.24. The first-order chi connectivity index (χ1) is 13.2. The number of para-hydroxylation sites is 1. The molecule has 27 heavy (non-hydrogen) atoms. The maximum Gasteiger partial charge on any atom is 0.270 e. The first-order valence-electron chi connectivity index (χ1n) is 8.36. The van der Waals surface area contributed by atoms with Crippen LogP contribution in [0.3, 0.4) is 0 Å². The van der Waals surface area contributed by atoms with Crippen molar-refractivity contribution in [2.75, 3.05) is 6.54 Å². The van der Waals surface area contributed by atoms with Crippen LogP contribution in [0.5, 0.6) is 0 Å². The van der Waals surface area contributed by atoms with Crippen molar-refractivity contribution in [1.29, 1.82) is 0 Å². The van der Waals surface area contributed by atoms with Gasteiger partial charge in [-0.05, 0) is 29.5 Å². The van der Waals surface area contributed by atoms with Gasteiger partial charge < -0.3 is 5.32 Å². The largest absolute Gasteiger partial charge is 0.350 e. The Balaban J connectivity index is 1.39. The zero-order valence-corrected chi connectivity index (χ0v) is 15.9. The number of amides is 1. The number of nitrogens with one attached hydrogen (secondary N) is 1. The number of fused-ring (bicyclic) bond motifs is 1. The van der Waals surface area contributed by atoms with E-state index >= 15 is 0 Å². The molecule has 1 N–H and O–H groups in total. The quantitative estimate of drug-likeness (QED) is 0.516. The van der Waals surface area contributed by atoms with Crippen molar-refractivity contribution >= 4 is 38.8 Å². The number of aromatic nitrogens is 2. The number of rotatable bonds is 5. The lowest BCUT2D eigenvalue weighted by molar-refractivity contribution is 0.0950. The fourth-order valence-electron chi connectivity index (χ4n) is 2.83. The van der Waals surface area contributed by atoms with E-state index in [1.807, 2.05) is 5.51 Å². The molecular formula is C21H15N3OS2. The number of hydrogen-bond acceptors (Lipinski definition) is 5. The molecule has 0 unspecified atom stereocenters. The summed E-state index contributed by atoms with van der Waals surface area (Å²) in [6.45, 7) is 0.544. The van der Waals surface area contributed by atoms with E-state index in [0.29, 0.717) is 17.2 Å². The van der Waals surface area contributed by atoms with Crippen LogP contribution in [0.25, 0.3) is 21.3 Å². The molecule has 0 aliphatic carbocycles. The number of nitrogens with zero attached hydrogens (tertiary/aromatic N) is 2. The van der Waals surface area contributed by atoms with E-state index in [0.717, 1.165) is 28.6 Å². The molecule has 4 nitrogen and oxygen atoms in total. The van der Waals surface area contributed by atoms with Gasteiger partial charge in [-0.15, -0.1) is 29.1 Å². The topological polar surface area (TPSA) is 54.9 Å². The number of carbonyl (C=O) groups is 1. The summed E-state index contributed by atoms with van der Waals surface area (Å²) in [5, 5.41) is 5.08. The van der Waals surface area contributed by atoms with Crippen LogP contribution in [0, 0.1) is 12.3 Å². The van der Waals surface area contributed by atoms with E-state index in [4.69, 9.17) is 6.42 Å². The average molecular weight is 390 g/mol. The van der Waals surface area contributed by atoms with Crippen molar-refractivity contribution in [2.45, 2.75) is 6.42 Å². The molecule has 1 amide bonds. The number of carbonyl (C=O) groups excluding carboxylic acids is 1. The Morgan fingerprint density at radius 2 is 2.00 bits per heavy atom. The second-order valence-electron chi connectivity index (χ2n) is 5.89. The van der Waals surface area contributed by atoms with Crippen LogP contribution in [-0.4, -0.2) is 22.4 Å². The lowest BCUT2D eigenvalue weighted by atomic mass is 10.0. The molecule has 0 spiro atoms. The molecule has 2 aromatic carbocycles. The smallest absolute Gasteiger partial charge is 0.270 e. The lowest BCUT2D eigenvalue weighted by Gasteiger charge is -2.06. The zero-order valence-electron chi connectivity index (χ0n) is 14.3. The third kappa shape index (κ3) is 3.75. The molecule has 0 atom stereocenters. The van der Waals surface area contributed by atoms with Crippen molar-refractivity contribution in [3.05, 3.63) is 69.6 Å². The van der Waals surface area contributed by atoms with Gasteiger partial charge in [0.15, 0.2) is 5.01 Å². The minimum Gasteiger partial charge on any atom is -0.350 e. The van der Waals surface area contributed by atoms with Gasteiger partial charge in [-0.3, -0.25) is 4.79 Å². The van der Waals surface area contributed by atoms with Gasteiger partial charge in [0.2, 0.25) is 0 Å². The molecule has 4 rings (SSSR count). The van der Waals surface area contributed by atoms with Crippen LogP contribution < -0.4 is 5.32 Å². The summed E-state index contributed by atoms with van der Waals surface area (Å²) >= 11 is 2.94. The van der Waals surface area contributed by atoms with E-state index in [1.165, 1.54) is 16.0 Å². The monoisotopic (exact) mass is 389 g/mol. The normalized spacial score (nSPS) is 10.6. The molecule has 6 heteroatoms. The minimum atomic E-state index is -0.195. The average Bonchev–Trinajstić information content (AvgIpc) is 3.37. The van der Waals surface area contributed by atoms with Crippen LogP contribution in [0.4, 0.5) is 0 Å². The number of terminal acetylenes is 1. The standard InChI is InChI=1S/C21H15N3OS2/c1-2-19-24-17(12-26-19)21(25)22-11-10-14-6-8-15(9-7-14)16-4-3-5-18-20(16)23-13-27-18/h1,3-9,12-13H,10-11H2,(H,22,25). The van der Waals surface area contributed by atoms with Crippen LogP contribution in [0.1, 0.15) is 21.1 Å². The molecule has 2 heterocycles. The minimum absolute atomic E-state index is 0.195. The van der Waals surface area contributed by atoms with Gasteiger partial charge in [0.25, 0.3) is 5.91 Å². The summed E-state index contributed by atoms with van der Waals surface area (Å²) in [7, 11) is 0. The van der Waals surface area contributed by atoms with Gasteiger partial charge in [-0.1, -0.05) is 36.4 Å².